The Morgan fingerprint density at radius 2 is 1.55 bits per heavy atom. The third kappa shape index (κ3) is 6.57. The highest BCUT2D eigenvalue weighted by molar-refractivity contribution is 6.30. The molecule has 6 aliphatic carbocycles. The number of carboxylic acid groups (broad SMARTS) is 1. The van der Waals surface area contributed by atoms with Crippen LogP contribution < -0.4 is 10.6 Å². The van der Waals surface area contributed by atoms with E-state index in [4.69, 9.17) is 17.7 Å². The van der Waals surface area contributed by atoms with Gasteiger partial charge in [0, 0.05) is 47.3 Å². The molecule has 1 aromatic carbocycles. The molecule has 0 spiro atoms. The summed E-state index contributed by atoms with van der Waals surface area (Å²) >= 11 is 5.96. The van der Waals surface area contributed by atoms with Gasteiger partial charge in [-0.2, -0.15) is 0 Å². The maximum Gasteiger partial charge on any atom is 0.309 e. The Hall–Kier alpha value is -3.20. The number of amides is 2. The van der Waals surface area contributed by atoms with Gasteiger partial charge in [-0.3, -0.25) is 24.0 Å². The predicted molar refractivity (Wildman–Crippen MR) is 224 cm³/mol. The topological polar surface area (TPSA) is 139 Å². The second kappa shape index (κ2) is 14.8. The zero-order valence-electron chi connectivity index (χ0n) is 37.2. The molecular weight excluding hydrogens is 752 g/mol. The molecule has 11 atom stereocenters. The molecule has 1 unspecified atom stereocenters. The first-order valence-electron chi connectivity index (χ1n) is 22.5. The van der Waals surface area contributed by atoms with E-state index in [1.165, 1.54) is 5.57 Å². The molecule has 1 aromatic rings. The van der Waals surface area contributed by atoms with E-state index in [-0.39, 0.29) is 70.2 Å². The summed E-state index contributed by atoms with van der Waals surface area (Å²) in [6.07, 6.45) is 8.15. The summed E-state index contributed by atoms with van der Waals surface area (Å²) in [5.74, 6) is -1.45. The molecule has 5 fully saturated rings. The Kier molecular flexibility index (Phi) is 10.6. The summed E-state index contributed by atoms with van der Waals surface area (Å²) in [5.41, 5.74) is 1.06. The van der Waals surface area contributed by atoms with Gasteiger partial charge in [-0.25, -0.2) is 0 Å². The van der Waals surface area contributed by atoms with Crippen molar-refractivity contribution in [1.29, 1.82) is 0 Å². The Morgan fingerprint density at radius 3 is 2.19 bits per heavy atom. The highest BCUT2D eigenvalue weighted by Gasteiger charge is 2.70. The van der Waals surface area contributed by atoms with Gasteiger partial charge < -0.3 is 20.5 Å². The van der Waals surface area contributed by atoms with Gasteiger partial charge in [0.2, 0.25) is 5.91 Å². The number of Topliss-reactive ketones (excluding diaryl/α,β-unsaturated/α-hetero) is 1. The van der Waals surface area contributed by atoms with E-state index in [2.05, 4.69) is 59.1 Å². The van der Waals surface area contributed by atoms with E-state index in [9.17, 15) is 29.1 Å². The van der Waals surface area contributed by atoms with Crippen molar-refractivity contribution in [1.82, 2.24) is 10.6 Å². The number of carbonyl (C=O) groups is 5. The average Bonchev–Trinajstić information content (AvgIpc) is 3.43. The number of hydrogen-bond donors (Lipinski definition) is 3. The fraction of sp³-hybridized carbons (Fsp3) is 0.729. The van der Waals surface area contributed by atoms with Crippen LogP contribution in [0.25, 0.3) is 0 Å². The summed E-state index contributed by atoms with van der Waals surface area (Å²) in [6, 6.07) is 6.43. The summed E-state index contributed by atoms with van der Waals surface area (Å²) in [7, 11) is 0. The normalized spacial score (nSPS) is 39.2. The average molecular weight is 821 g/mol. The molecule has 318 valence electrons. The molecule has 3 N–H and O–H groups in total. The fourth-order valence-corrected chi connectivity index (χ4v) is 14.6. The molecule has 0 heterocycles. The molecule has 0 aliphatic heterocycles. The Balaban J connectivity index is 1.07. The van der Waals surface area contributed by atoms with Crippen LogP contribution in [-0.2, 0) is 23.9 Å². The minimum atomic E-state index is -1.04. The van der Waals surface area contributed by atoms with Crippen LogP contribution in [-0.4, -0.2) is 53.8 Å². The highest BCUT2D eigenvalue weighted by atomic mass is 35.5. The van der Waals surface area contributed by atoms with Crippen LogP contribution >= 0.6 is 11.6 Å². The highest BCUT2D eigenvalue weighted by Crippen LogP contribution is 2.77. The van der Waals surface area contributed by atoms with Gasteiger partial charge in [-0.05, 0) is 133 Å². The van der Waals surface area contributed by atoms with E-state index < -0.39 is 41.1 Å². The van der Waals surface area contributed by atoms with Crippen molar-refractivity contribution in [2.24, 2.45) is 68.0 Å². The molecule has 10 heteroatoms. The van der Waals surface area contributed by atoms with Gasteiger partial charge in [-0.15, -0.1) is 0 Å². The van der Waals surface area contributed by atoms with E-state index in [1.807, 2.05) is 13.8 Å². The summed E-state index contributed by atoms with van der Waals surface area (Å²) in [6.45, 7) is 19.0. The molecule has 5 saturated carbocycles. The molecule has 0 bridgehead atoms. The number of carboxylic acids is 1. The van der Waals surface area contributed by atoms with Crippen LogP contribution in [0.3, 0.4) is 0 Å². The third-order valence-corrected chi connectivity index (χ3v) is 18.1. The number of esters is 1. The lowest BCUT2D eigenvalue weighted by Crippen LogP contribution is -2.66. The molecule has 0 aromatic heterocycles. The van der Waals surface area contributed by atoms with Gasteiger partial charge in [0.1, 0.15) is 6.10 Å². The lowest BCUT2D eigenvalue weighted by molar-refractivity contribution is -0.236. The van der Waals surface area contributed by atoms with Crippen molar-refractivity contribution in [3.63, 3.8) is 0 Å². The number of nitrogens with one attached hydrogen (secondary N) is 2. The van der Waals surface area contributed by atoms with Crippen LogP contribution in [0.5, 0.6) is 0 Å². The fourth-order valence-electron chi connectivity index (χ4n) is 14.5. The summed E-state index contributed by atoms with van der Waals surface area (Å²) < 4.78 is 14.9. The molecule has 0 radical (unpaired) electrons. The van der Waals surface area contributed by atoms with Gasteiger partial charge in [0.15, 0.2) is 5.78 Å². The number of allylic oxidation sites excluding steroid dienone is 2. The lowest BCUT2D eigenvalue weighted by atomic mass is 9.33. The van der Waals surface area contributed by atoms with E-state index in [0.717, 1.165) is 56.9 Å². The number of ether oxygens (including phenoxy) is 1. The van der Waals surface area contributed by atoms with Crippen molar-refractivity contribution in [2.45, 2.75) is 139 Å². The van der Waals surface area contributed by atoms with Crippen LogP contribution in [0.15, 0.2) is 35.4 Å². The van der Waals surface area contributed by atoms with Gasteiger partial charge in [0.05, 0.1) is 13.2 Å². The Bertz CT molecular complexity index is 1940. The second-order valence-corrected chi connectivity index (χ2v) is 21.9. The van der Waals surface area contributed by atoms with Gasteiger partial charge >= 0.3 is 11.9 Å². The first-order valence-corrected chi connectivity index (χ1v) is 22.3. The zero-order valence-corrected chi connectivity index (χ0v) is 36.9. The van der Waals surface area contributed by atoms with Crippen LogP contribution in [0, 0.1) is 68.0 Å². The molecule has 58 heavy (non-hydrogen) atoms. The number of benzene rings is 1. The number of halogens is 1. The number of ketones is 1. The zero-order chi connectivity index (χ0) is 43.2. The standard InChI is InChI=1S/C48H67ClN2O7/c1-27(2)38-33(52)25-48(26-37(53)50-22-23-51-40(54)28-10-12-29(49)13-11-28)21-20-46(8)30(39(38)48)14-15-35-45(7)18-17-36(44(5,6)34(45)16-19-47(35,46)9)58-42(57)32-24-31(41(55)56)43(32,3)4/h10-13,27,30-32,34-36H,14-26H2,1-9H3,(H,50,53)(H,51,54)(H,55,56)/t30-,31+,32-,34+,35-,36+,45+,46-,47-,48+/m1/s1/i23D/t23?,30-,31+,32-,34+,35-,36+,45+,46-,47-,48+. The number of aliphatic carboxylic acids is 1. The van der Waals surface area contributed by atoms with Crippen molar-refractivity contribution in [3.8, 4) is 0 Å². The minimum absolute atomic E-state index is 0.00155. The number of rotatable bonds is 10. The predicted octanol–water partition coefficient (Wildman–Crippen LogP) is 9.22. The Morgan fingerprint density at radius 1 is 0.862 bits per heavy atom. The number of carbonyl (C=O) groups excluding carboxylic acids is 4. The minimum Gasteiger partial charge on any atom is -0.481 e. The van der Waals surface area contributed by atoms with Gasteiger partial charge in [0.25, 0.3) is 5.91 Å². The SMILES string of the molecule is [2H]C(CNC(=O)C[C@@]12CC[C@]3(C)[C@H](CC[C@@H]4[C@@]5(C)CC[C@H](OC(=O)[C@H]6C[C@@H](C(=O)O)C6(C)C)C(C)(C)[C@@H]5CC[C@]43C)C1=C(C(C)C)C(=O)C2)NC(=O)c1ccc(Cl)cc1. The maximum atomic E-state index is 14.1. The van der Waals surface area contributed by atoms with Crippen LogP contribution in [0.2, 0.25) is 5.02 Å². The van der Waals surface area contributed by atoms with Crippen LogP contribution in [0.4, 0.5) is 0 Å². The molecular formula is C48H67ClN2O7. The van der Waals surface area contributed by atoms with E-state index in [1.54, 1.807) is 24.3 Å². The lowest BCUT2D eigenvalue weighted by Gasteiger charge is -2.72. The van der Waals surface area contributed by atoms with E-state index >= 15 is 0 Å². The largest absolute Gasteiger partial charge is 0.481 e. The molecule has 6 aliphatic rings. The summed E-state index contributed by atoms with van der Waals surface area (Å²) in [4.78, 5) is 66.0. The smallest absolute Gasteiger partial charge is 0.309 e. The maximum absolute atomic E-state index is 14.1. The molecule has 7 rings (SSSR count). The molecule has 9 nitrogen and oxygen atoms in total. The van der Waals surface area contributed by atoms with Crippen molar-refractivity contribution in [2.75, 3.05) is 13.1 Å². The van der Waals surface area contributed by atoms with Crippen molar-refractivity contribution < 1.29 is 35.2 Å². The second-order valence-electron chi connectivity index (χ2n) is 21.4. The number of hydrogen-bond acceptors (Lipinski definition) is 6. The van der Waals surface area contributed by atoms with E-state index in [0.29, 0.717) is 35.3 Å². The summed E-state index contributed by atoms with van der Waals surface area (Å²) in [5, 5.41) is 15.7. The van der Waals surface area contributed by atoms with Crippen LogP contribution in [0.1, 0.15) is 145 Å². The first kappa shape index (κ1) is 41.5. The molecule has 0 saturated heterocycles. The quantitative estimate of drug-likeness (QED) is 0.200. The monoisotopic (exact) mass is 819 g/mol. The Labute approximate surface area is 352 Å². The number of fused-ring (bicyclic) bond motifs is 7. The van der Waals surface area contributed by atoms with Gasteiger partial charge in [-0.1, -0.05) is 79.5 Å². The first-order chi connectivity index (χ1) is 27.4. The molecule has 2 amide bonds. The van der Waals surface area contributed by atoms with Crippen molar-refractivity contribution >= 4 is 41.1 Å². The third-order valence-electron chi connectivity index (χ3n) is 17.9. The van der Waals surface area contributed by atoms with Crippen molar-refractivity contribution in [3.05, 3.63) is 46.0 Å².